The second kappa shape index (κ2) is 66.6. The third-order valence-corrected chi connectivity index (χ3v) is 17.1. The lowest BCUT2D eigenvalue weighted by Gasteiger charge is -2.19. The number of phosphoric ester groups is 1. The van der Waals surface area contributed by atoms with Crippen molar-refractivity contribution in [3.05, 3.63) is 24.3 Å². The van der Waals surface area contributed by atoms with Crippen molar-refractivity contribution in [2.75, 3.05) is 26.4 Å². The average Bonchev–Trinajstić information content (AvgIpc) is 3.45. The molecular weight excluding hydrogens is 1010 g/mol. The van der Waals surface area contributed by atoms with Crippen LogP contribution in [-0.2, 0) is 32.7 Å². The van der Waals surface area contributed by atoms with Crippen LogP contribution < -0.4 is 5.73 Å². The van der Waals surface area contributed by atoms with Gasteiger partial charge >= 0.3 is 19.8 Å². The van der Waals surface area contributed by atoms with E-state index in [2.05, 4.69) is 38.2 Å². The van der Waals surface area contributed by atoms with E-state index in [0.29, 0.717) is 6.42 Å². The van der Waals surface area contributed by atoms with Crippen molar-refractivity contribution in [1.82, 2.24) is 0 Å². The quantitative estimate of drug-likeness (QED) is 0.0264. The molecular formula is C70H136NO8P. The number of rotatable bonds is 68. The summed E-state index contributed by atoms with van der Waals surface area (Å²) in [5.74, 6) is -0.806. The molecule has 0 bridgehead atoms. The van der Waals surface area contributed by atoms with Gasteiger partial charge in [-0.25, -0.2) is 4.57 Å². The van der Waals surface area contributed by atoms with E-state index >= 15 is 0 Å². The molecule has 0 aliphatic heterocycles. The third-order valence-electron chi connectivity index (χ3n) is 16.1. The molecule has 2 unspecified atom stereocenters. The van der Waals surface area contributed by atoms with Crippen molar-refractivity contribution in [2.24, 2.45) is 5.73 Å². The minimum atomic E-state index is -4.39. The topological polar surface area (TPSA) is 134 Å². The number of ether oxygens (including phenoxy) is 2. The molecule has 0 saturated carbocycles. The second-order valence-corrected chi connectivity index (χ2v) is 25.6. The number of hydrogen-bond acceptors (Lipinski definition) is 8. The molecule has 474 valence electrons. The number of carbonyl (C=O) groups is 2. The van der Waals surface area contributed by atoms with Gasteiger partial charge in [-0.1, -0.05) is 346 Å². The highest BCUT2D eigenvalue weighted by molar-refractivity contribution is 7.47. The van der Waals surface area contributed by atoms with E-state index in [1.165, 1.54) is 302 Å². The zero-order valence-electron chi connectivity index (χ0n) is 53.3. The maximum absolute atomic E-state index is 12.7. The summed E-state index contributed by atoms with van der Waals surface area (Å²) >= 11 is 0. The number of phosphoric acid groups is 1. The van der Waals surface area contributed by atoms with Crippen molar-refractivity contribution >= 4 is 19.8 Å². The van der Waals surface area contributed by atoms with Crippen LogP contribution in [-0.4, -0.2) is 49.3 Å². The molecule has 0 saturated heterocycles. The fourth-order valence-corrected chi connectivity index (χ4v) is 11.6. The highest BCUT2D eigenvalue weighted by Gasteiger charge is 2.26. The van der Waals surface area contributed by atoms with Gasteiger partial charge in [0, 0.05) is 19.4 Å². The van der Waals surface area contributed by atoms with Crippen LogP contribution in [0.15, 0.2) is 24.3 Å². The van der Waals surface area contributed by atoms with E-state index in [1.807, 2.05) is 0 Å². The molecule has 9 nitrogen and oxygen atoms in total. The standard InChI is InChI=1S/C70H136NO8P/c1-3-5-7-9-11-13-15-17-19-21-23-25-27-29-30-31-32-33-34-35-36-37-39-40-42-44-46-48-50-52-54-56-58-60-62-69(72)76-66-68(67-78-80(74,75)77-65-64-71)79-70(73)63-61-59-57-55-53-51-49-47-45-43-41-38-28-26-24-22-20-18-16-14-12-10-8-6-4-2/h16,18,22,24,68H,3-15,17,19-21,23,25-67,71H2,1-2H3,(H,74,75)/b18-16-,24-22-. The normalized spacial score (nSPS) is 13.0. The van der Waals surface area contributed by atoms with E-state index in [-0.39, 0.29) is 38.6 Å². The Hall–Kier alpha value is -1.51. The third kappa shape index (κ3) is 65.6. The molecule has 0 heterocycles. The van der Waals surface area contributed by atoms with Gasteiger partial charge in [0.25, 0.3) is 0 Å². The highest BCUT2D eigenvalue weighted by Crippen LogP contribution is 2.43. The van der Waals surface area contributed by atoms with Crippen molar-refractivity contribution in [2.45, 2.75) is 386 Å². The van der Waals surface area contributed by atoms with Crippen LogP contribution in [0.4, 0.5) is 0 Å². The van der Waals surface area contributed by atoms with Crippen molar-refractivity contribution in [3.8, 4) is 0 Å². The molecule has 0 aromatic carbocycles. The zero-order chi connectivity index (χ0) is 58.0. The molecule has 0 aromatic rings. The minimum absolute atomic E-state index is 0.0561. The van der Waals surface area contributed by atoms with Gasteiger partial charge in [0.2, 0.25) is 0 Å². The predicted octanol–water partition coefficient (Wildman–Crippen LogP) is 22.9. The van der Waals surface area contributed by atoms with Crippen molar-refractivity contribution in [1.29, 1.82) is 0 Å². The molecule has 0 amide bonds. The first kappa shape index (κ1) is 78.5. The van der Waals surface area contributed by atoms with Gasteiger partial charge in [0.15, 0.2) is 6.10 Å². The van der Waals surface area contributed by atoms with Crippen molar-refractivity contribution < 1.29 is 37.6 Å². The van der Waals surface area contributed by atoms with E-state index < -0.39 is 26.5 Å². The van der Waals surface area contributed by atoms with E-state index in [0.717, 1.165) is 44.9 Å². The Balaban J connectivity index is 3.79. The van der Waals surface area contributed by atoms with Crippen LogP contribution in [0, 0.1) is 0 Å². The highest BCUT2D eigenvalue weighted by atomic mass is 31.2. The van der Waals surface area contributed by atoms with Gasteiger partial charge in [0.1, 0.15) is 6.61 Å². The zero-order valence-corrected chi connectivity index (χ0v) is 54.2. The summed E-state index contributed by atoms with van der Waals surface area (Å²) in [5, 5.41) is 0. The number of carbonyl (C=O) groups excluding carboxylic acids is 2. The Labute approximate surface area is 497 Å². The van der Waals surface area contributed by atoms with E-state index in [9.17, 15) is 19.0 Å². The molecule has 10 heteroatoms. The van der Waals surface area contributed by atoms with Crippen LogP contribution in [0.25, 0.3) is 0 Å². The number of nitrogens with two attached hydrogens (primary N) is 1. The molecule has 80 heavy (non-hydrogen) atoms. The lowest BCUT2D eigenvalue weighted by molar-refractivity contribution is -0.161. The average molecular weight is 1150 g/mol. The van der Waals surface area contributed by atoms with Crippen LogP contribution in [0.5, 0.6) is 0 Å². The van der Waals surface area contributed by atoms with Crippen LogP contribution >= 0.6 is 7.82 Å². The second-order valence-electron chi connectivity index (χ2n) is 24.1. The lowest BCUT2D eigenvalue weighted by Crippen LogP contribution is -2.29. The molecule has 2 atom stereocenters. The van der Waals surface area contributed by atoms with Crippen LogP contribution in [0.1, 0.15) is 380 Å². The molecule has 0 radical (unpaired) electrons. The monoisotopic (exact) mass is 1150 g/mol. The molecule has 0 rings (SSSR count). The maximum Gasteiger partial charge on any atom is 0.472 e. The number of hydrogen-bond donors (Lipinski definition) is 2. The summed E-state index contributed by atoms with van der Waals surface area (Å²) in [7, 11) is -4.39. The SMILES string of the molecule is CCCCCCC/C=C\C/C=C\CCCCCCCCCCCCCCCC(=O)OC(COC(=O)CCCCCCCCCCCCCCCCCCCCCCCCCCCCCCCCCCCC)COP(=O)(O)OCCN. The Kier molecular flexibility index (Phi) is 65.4. The number of esters is 2. The van der Waals surface area contributed by atoms with Crippen molar-refractivity contribution in [3.63, 3.8) is 0 Å². The van der Waals surface area contributed by atoms with Gasteiger partial charge in [0.05, 0.1) is 13.2 Å². The Bertz CT molecular complexity index is 1360. The van der Waals surface area contributed by atoms with Gasteiger partial charge < -0.3 is 20.1 Å². The molecule has 0 aliphatic carbocycles. The van der Waals surface area contributed by atoms with Gasteiger partial charge in [-0.3, -0.25) is 18.6 Å². The maximum atomic E-state index is 12.7. The van der Waals surface area contributed by atoms with Crippen LogP contribution in [0.2, 0.25) is 0 Å². The minimum Gasteiger partial charge on any atom is -0.462 e. The summed E-state index contributed by atoms with van der Waals surface area (Å²) in [6, 6.07) is 0. The Morgan fingerprint density at radius 1 is 0.375 bits per heavy atom. The summed E-state index contributed by atoms with van der Waals surface area (Å²) in [4.78, 5) is 35.3. The molecule has 3 N–H and O–H groups in total. The number of allylic oxidation sites excluding steroid dienone is 4. The van der Waals surface area contributed by atoms with Gasteiger partial charge in [-0.15, -0.1) is 0 Å². The summed E-state index contributed by atoms with van der Waals surface area (Å²) in [5.41, 5.74) is 5.40. The van der Waals surface area contributed by atoms with E-state index in [4.69, 9.17) is 24.3 Å². The fourth-order valence-electron chi connectivity index (χ4n) is 10.8. The van der Waals surface area contributed by atoms with E-state index in [1.54, 1.807) is 0 Å². The smallest absolute Gasteiger partial charge is 0.462 e. The molecule has 0 aromatic heterocycles. The summed E-state index contributed by atoms with van der Waals surface area (Å²) < 4.78 is 33.2. The largest absolute Gasteiger partial charge is 0.472 e. The lowest BCUT2D eigenvalue weighted by atomic mass is 10.0. The molecule has 0 aliphatic rings. The van der Waals surface area contributed by atoms with Gasteiger partial charge in [-0.2, -0.15) is 0 Å². The number of unbranched alkanes of at least 4 members (excludes halogenated alkanes) is 51. The fraction of sp³-hybridized carbons (Fsp3) is 0.914. The Morgan fingerprint density at radius 2 is 0.650 bits per heavy atom. The first-order chi connectivity index (χ1) is 39.3. The predicted molar refractivity (Wildman–Crippen MR) is 344 cm³/mol. The van der Waals surface area contributed by atoms with Gasteiger partial charge in [-0.05, 0) is 44.9 Å². The summed E-state index contributed by atoms with van der Waals surface area (Å²) in [6.45, 7) is 3.81. The molecule has 0 fully saturated rings. The van der Waals surface area contributed by atoms with Crippen LogP contribution in [0.3, 0.4) is 0 Å². The summed E-state index contributed by atoms with van der Waals surface area (Å²) in [6.07, 6.45) is 81.4. The first-order valence-corrected chi connectivity index (χ1v) is 36.8. The Morgan fingerprint density at radius 3 is 0.950 bits per heavy atom. The molecule has 0 spiro atoms. The first-order valence-electron chi connectivity index (χ1n) is 35.3.